The number of anilines is 2. The Balaban J connectivity index is 2.42. The number of aryl methyl sites for hydroxylation is 1. The molecule has 0 bridgehead atoms. The molecule has 0 saturated carbocycles. The smallest absolute Gasteiger partial charge is 0.242 e. The van der Waals surface area contributed by atoms with Gasteiger partial charge in [0.1, 0.15) is 10.7 Å². The zero-order chi connectivity index (χ0) is 15.6. The quantitative estimate of drug-likeness (QED) is 0.787. The number of nitrogens with zero attached hydrogens (tertiary/aromatic N) is 3. The van der Waals surface area contributed by atoms with E-state index in [0.717, 1.165) is 5.82 Å². The average molecular weight is 309 g/mol. The molecule has 114 valence electrons. The van der Waals surface area contributed by atoms with E-state index in [9.17, 15) is 8.42 Å². The summed E-state index contributed by atoms with van der Waals surface area (Å²) in [7, 11) is 1.50. The van der Waals surface area contributed by atoms with Crippen LogP contribution in [0.25, 0.3) is 0 Å². The molecule has 0 fully saturated rings. The third-order valence-electron chi connectivity index (χ3n) is 3.25. The first-order valence-corrected chi connectivity index (χ1v) is 7.84. The number of imidazole rings is 1. The third-order valence-corrected chi connectivity index (χ3v) is 4.70. The van der Waals surface area contributed by atoms with Crippen molar-refractivity contribution in [2.45, 2.75) is 11.4 Å². The lowest BCUT2D eigenvalue weighted by molar-refractivity contribution is 0.588. The zero-order valence-corrected chi connectivity index (χ0v) is 13.1. The van der Waals surface area contributed by atoms with Gasteiger partial charge in [0.25, 0.3) is 0 Å². The molecular weight excluding hydrogens is 290 g/mol. The van der Waals surface area contributed by atoms with Crippen LogP contribution in [0.2, 0.25) is 0 Å². The van der Waals surface area contributed by atoms with Crippen molar-refractivity contribution in [2.75, 3.05) is 24.7 Å². The number of hydrogen-bond donors (Lipinski definition) is 2. The number of rotatable bonds is 5. The van der Waals surface area contributed by atoms with Gasteiger partial charge in [0.2, 0.25) is 10.0 Å². The molecule has 0 amide bonds. The number of sulfonamides is 1. The number of hydrogen-bond acceptors (Lipinski definition) is 5. The molecule has 0 atom stereocenters. The van der Waals surface area contributed by atoms with E-state index in [2.05, 4.69) is 9.71 Å². The molecule has 21 heavy (non-hydrogen) atoms. The van der Waals surface area contributed by atoms with E-state index in [-0.39, 0.29) is 4.90 Å². The maximum atomic E-state index is 12.1. The van der Waals surface area contributed by atoms with Crippen molar-refractivity contribution in [1.29, 1.82) is 0 Å². The highest BCUT2D eigenvalue weighted by Gasteiger charge is 2.20. The van der Waals surface area contributed by atoms with Crippen molar-refractivity contribution in [3.8, 4) is 0 Å². The van der Waals surface area contributed by atoms with E-state index in [1.165, 1.54) is 13.1 Å². The maximum absolute atomic E-state index is 12.1. The fourth-order valence-corrected chi connectivity index (χ4v) is 3.03. The maximum Gasteiger partial charge on any atom is 0.242 e. The summed E-state index contributed by atoms with van der Waals surface area (Å²) < 4.78 is 28.5. The van der Waals surface area contributed by atoms with Crippen LogP contribution in [0.15, 0.2) is 35.5 Å². The Morgan fingerprint density at radius 1 is 1.43 bits per heavy atom. The van der Waals surface area contributed by atoms with Crippen molar-refractivity contribution in [2.24, 2.45) is 7.05 Å². The molecule has 8 heteroatoms. The molecule has 0 spiro atoms. The van der Waals surface area contributed by atoms with Gasteiger partial charge in [0, 0.05) is 32.2 Å². The summed E-state index contributed by atoms with van der Waals surface area (Å²) >= 11 is 0. The van der Waals surface area contributed by atoms with Crippen LogP contribution in [-0.4, -0.2) is 32.1 Å². The summed E-state index contributed by atoms with van der Waals surface area (Å²) in [6, 6.07) is 4.83. The van der Waals surface area contributed by atoms with Crippen LogP contribution in [0.1, 0.15) is 5.82 Å². The zero-order valence-electron chi connectivity index (χ0n) is 12.2. The lowest BCUT2D eigenvalue weighted by Gasteiger charge is -2.22. The molecule has 2 aromatic rings. The largest absolute Gasteiger partial charge is 0.399 e. The van der Waals surface area contributed by atoms with Crippen molar-refractivity contribution >= 4 is 21.4 Å². The van der Waals surface area contributed by atoms with Crippen LogP contribution < -0.4 is 15.4 Å². The second kappa shape index (κ2) is 5.74. The Morgan fingerprint density at radius 3 is 2.71 bits per heavy atom. The van der Waals surface area contributed by atoms with E-state index >= 15 is 0 Å². The Hall–Kier alpha value is -2.06. The topological polar surface area (TPSA) is 93.2 Å². The molecule has 0 radical (unpaired) electrons. The number of nitrogens with one attached hydrogen (secondary N) is 1. The summed E-state index contributed by atoms with van der Waals surface area (Å²) in [6.07, 6.45) is 3.55. The second-order valence-corrected chi connectivity index (χ2v) is 6.60. The van der Waals surface area contributed by atoms with Crippen molar-refractivity contribution in [3.63, 3.8) is 0 Å². The number of benzene rings is 1. The highest BCUT2D eigenvalue weighted by molar-refractivity contribution is 7.89. The van der Waals surface area contributed by atoms with Gasteiger partial charge in [-0.25, -0.2) is 18.1 Å². The van der Waals surface area contributed by atoms with E-state index in [1.54, 1.807) is 18.3 Å². The first kappa shape index (κ1) is 15.3. The summed E-state index contributed by atoms with van der Waals surface area (Å²) in [5, 5.41) is 0. The van der Waals surface area contributed by atoms with Gasteiger partial charge < -0.3 is 15.2 Å². The predicted molar refractivity (Wildman–Crippen MR) is 82.4 cm³/mol. The van der Waals surface area contributed by atoms with Crippen molar-refractivity contribution in [3.05, 3.63) is 36.4 Å². The van der Waals surface area contributed by atoms with Gasteiger partial charge in [0.05, 0.1) is 12.2 Å². The van der Waals surface area contributed by atoms with Crippen LogP contribution in [0.4, 0.5) is 11.4 Å². The normalized spacial score (nSPS) is 11.6. The molecule has 0 aliphatic rings. The van der Waals surface area contributed by atoms with E-state index in [0.29, 0.717) is 17.9 Å². The molecule has 1 aromatic heterocycles. The molecule has 1 heterocycles. The van der Waals surface area contributed by atoms with Crippen molar-refractivity contribution < 1.29 is 8.42 Å². The van der Waals surface area contributed by atoms with Gasteiger partial charge in [-0.15, -0.1) is 0 Å². The summed E-state index contributed by atoms with van der Waals surface area (Å²) in [5.74, 6) is 0.835. The van der Waals surface area contributed by atoms with Gasteiger partial charge in [0.15, 0.2) is 0 Å². The van der Waals surface area contributed by atoms with Gasteiger partial charge >= 0.3 is 0 Å². The molecule has 0 unspecified atom stereocenters. The first-order chi connectivity index (χ1) is 9.85. The monoisotopic (exact) mass is 309 g/mol. The number of aromatic nitrogens is 2. The minimum atomic E-state index is -3.58. The van der Waals surface area contributed by atoms with Crippen molar-refractivity contribution in [1.82, 2.24) is 14.3 Å². The lowest BCUT2D eigenvalue weighted by Crippen LogP contribution is -2.25. The van der Waals surface area contributed by atoms with Gasteiger partial charge in [-0.1, -0.05) is 0 Å². The fourth-order valence-electron chi connectivity index (χ4n) is 2.02. The van der Waals surface area contributed by atoms with Crippen LogP contribution in [0, 0.1) is 0 Å². The van der Waals surface area contributed by atoms with E-state index < -0.39 is 10.0 Å². The lowest BCUT2D eigenvalue weighted by atomic mass is 10.2. The Kier molecular flexibility index (Phi) is 4.19. The van der Waals surface area contributed by atoms with Crippen LogP contribution >= 0.6 is 0 Å². The Morgan fingerprint density at radius 2 is 2.14 bits per heavy atom. The van der Waals surface area contributed by atoms with Crippen LogP contribution in [-0.2, 0) is 23.6 Å². The molecule has 0 saturated heterocycles. The highest BCUT2D eigenvalue weighted by Crippen LogP contribution is 2.27. The SMILES string of the molecule is CNS(=O)(=O)c1cc(N)ccc1N(C)Cc1nccn1C. The molecule has 0 aliphatic heterocycles. The summed E-state index contributed by atoms with van der Waals surface area (Å²) in [5.41, 5.74) is 6.68. The summed E-state index contributed by atoms with van der Waals surface area (Å²) in [4.78, 5) is 6.22. The minimum absolute atomic E-state index is 0.154. The summed E-state index contributed by atoms with van der Waals surface area (Å²) in [6.45, 7) is 0.486. The van der Waals surface area contributed by atoms with Gasteiger partial charge in [-0.3, -0.25) is 0 Å². The molecule has 1 aromatic carbocycles. The average Bonchev–Trinajstić information content (AvgIpc) is 2.84. The first-order valence-electron chi connectivity index (χ1n) is 6.35. The highest BCUT2D eigenvalue weighted by atomic mass is 32.2. The molecule has 3 N–H and O–H groups in total. The predicted octanol–water partition coefficient (Wildman–Crippen LogP) is 0.547. The van der Waals surface area contributed by atoms with Crippen LogP contribution in [0.5, 0.6) is 0 Å². The molecular formula is C13H19N5O2S. The second-order valence-electron chi connectivity index (χ2n) is 4.75. The molecule has 0 aliphatic carbocycles. The van der Waals surface area contributed by atoms with Gasteiger partial charge in [-0.2, -0.15) is 0 Å². The number of nitrogen functional groups attached to an aromatic ring is 1. The molecule has 7 nitrogen and oxygen atoms in total. The third kappa shape index (κ3) is 3.17. The number of nitrogens with two attached hydrogens (primary N) is 1. The standard InChI is InChI=1S/C13H19N5O2S/c1-15-21(19,20)12-8-10(14)4-5-11(12)18(3)9-13-16-6-7-17(13)2/h4-8,15H,9,14H2,1-3H3. The van der Waals surface area contributed by atoms with Gasteiger partial charge in [-0.05, 0) is 25.2 Å². The van der Waals surface area contributed by atoms with E-state index in [4.69, 9.17) is 5.73 Å². The van der Waals surface area contributed by atoms with Crippen LogP contribution in [0.3, 0.4) is 0 Å². The Bertz CT molecular complexity index is 739. The minimum Gasteiger partial charge on any atom is -0.399 e. The molecule has 2 rings (SSSR count). The van der Waals surface area contributed by atoms with E-state index in [1.807, 2.05) is 29.8 Å². The fraction of sp³-hybridized carbons (Fsp3) is 0.308. The Labute approximate surface area is 124 Å².